The lowest BCUT2D eigenvalue weighted by molar-refractivity contribution is 0.0697. The summed E-state index contributed by atoms with van der Waals surface area (Å²) >= 11 is 0. The van der Waals surface area contributed by atoms with E-state index in [4.69, 9.17) is 5.11 Å². The van der Waals surface area contributed by atoms with Crippen molar-refractivity contribution in [2.75, 3.05) is 0 Å². The molecule has 0 radical (unpaired) electrons. The van der Waals surface area contributed by atoms with Gasteiger partial charge in [-0.2, -0.15) is 0 Å². The fourth-order valence-electron chi connectivity index (χ4n) is 1.57. The molecule has 0 heterocycles. The van der Waals surface area contributed by atoms with Gasteiger partial charge in [-0.05, 0) is 29.7 Å². The topological polar surface area (TPSA) is 37.3 Å². The molecule has 2 heteroatoms. The number of carbonyl (C=O) groups is 1. The summed E-state index contributed by atoms with van der Waals surface area (Å²) in [4.78, 5) is 10.8. The predicted molar refractivity (Wildman–Crippen MR) is 64.3 cm³/mol. The third-order valence-electron chi connectivity index (χ3n) is 2.42. The first-order chi connectivity index (χ1) is 7.75. The molecule has 1 aliphatic carbocycles. The van der Waals surface area contributed by atoms with E-state index >= 15 is 0 Å². The number of rotatable bonds is 3. The quantitative estimate of drug-likeness (QED) is 0.834. The average molecular weight is 212 g/mol. The molecular formula is C14H12O2. The van der Waals surface area contributed by atoms with E-state index < -0.39 is 5.97 Å². The van der Waals surface area contributed by atoms with Crippen molar-refractivity contribution in [3.05, 3.63) is 65.3 Å². The lowest BCUT2D eigenvalue weighted by atomic mass is 10.1. The number of aromatic carboxylic acids is 1. The summed E-state index contributed by atoms with van der Waals surface area (Å²) in [6.45, 7) is 0. The maximum Gasteiger partial charge on any atom is 0.335 e. The van der Waals surface area contributed by atoms with Crippen LogP contribution in [0.3, 0.4) is 0 Å². The first-order valence-corrected chi connectivity index (χ1v) is 5.13. The summed E-state index contributed by atoms with van der Waals surface area (Å²) in [5.74, 6) is -0.892. The molecule has 0 bridgehead atoms. The van der Waals surface area contributed by atoms with Crippen LogP contribution in [0, 0.1) is 0 Å². The second kappa shape index (κ2) is 4.62. The maximum absolute atomic E-state index is 10.8. The van der Waals surface area contributed by atoms with E-state index in [1.54, 1.807) is 18.2 Å². The van der Waals surface area contributed by atoms with Gasteiger partial charge in [0.05, 0.1) is 5.56 Å². The van der Waals surface area contributed by atoms with Crippen molar-refractivity contribution in [1.29, 1.82) is 0 Å². The first-order valence-electron chi connectivity index (χ1n) is 5.13. The zero-order chi connectivity index (χ0) is 11.4. The Morgan fingerprint density at radius 1 is 1.31 bits per heavy atom. The van der Waals surface area contributed by atoms with Gasteiger partial charge < -0.3 is 5.11 Å². The van der Waals surface area contributed by atoms with Gasteiger partial charge in [-0.15, -0.1) is 0 Å². The zero-order valence-corrected chi connectivity index (χ0v) is 8.76. The van der Waals surface area contributed by atoms with Crippen molar-refractivity contribution in [3.63, 3.8) is 0 Å². The second-order valence-corrected chi connectivity index (χ2v) is 3.64. The second-order valence-electron chi connectivity index (χ2n) is 3.64. The van der Waals surface area contributed by atoms with E-state index in [0.29, 0.717) is 5.56 Å². The van der Waals surface area contributed by atoms with Crippen LogP contribution in [-0.2, 0) is 0 Å². The van der Waals surface area contributed by atoms with Crippen molar-refractivity contribution in [2.45, 2.75) is 6.42 Å². The van der Waals surface area contributed by atoms with Crippen LogP contribution in [0.4, 0.5) is 0 Å². The summed E-state index contributed by atoms with van der Waals surface area (Å²) in [7, 11) is 0. The molecule has 0 saturated heterocycles. The Morgan fingerprint density at radius 2 is 2.19 bits per heavy atom. The normalized spacial score (nSPS) is 14.4. The third kappa shape index (κ3) is 2.48. The molecule has 16 heavy (non-hydrogen) atoms. The number of benzene rings is 1. The Morgan fingerprint density at radius 3 is 2.88 bits per heavy atom. The average Bonchev–Trinajstić information content (AvgIpc) is 2.79. The summed E-state index contributed by atoms with van der Waals surface area (Å²) in [6.07, 6.45) is 11.1. The van der Waals surface area contributed by atoms with Crippen LogP contribution >= 0.6 is 0 Å². The van der Waals surface area contributed by atoms with Gasteiger partial charge in [-0.3, -0.25) is 0 Å². The van der Waals surface area contributed by atoms with E-state index in [-0.39, 0.29) is 0 Å². The molecular weight excluding hydrogens is 200 g/mol. The van der Waals surface area contributed by atoms with E-state index in [1.807, 2.05) is 24.3 Å². The summed E-state index contributed by atoms with van der Waals surface area (Å²) in [5, 5.41) is 8.84. The highest BCUT2D eigenvalue weighted by Gasteiger charge is 2.01. The molecule has 0 spiro atoms. The van der Waals surface area contributed by atoms with Crippen LogP contribution in [0.1, 0.15) is 22.3 Å². The fourth-order valence-corrected chi connectivity index (χ4v) is 1.57. The van der Waals surface area contributed by atoms with Gasteiger partial charge in [0.15, 0.2) is 0 Å². The molecule has 0 fully saturated rings. The van der Waals surface area contributed by atoms with Crippen molar-refractivity contribution < 1.29 is 9.90 Å². The molecule has 80 valence electrons. The largest absolute Gasteiger partial charge is 0.478 e. The summed E-state index contributed by atoms with van der Waals surface area (Å²) in [6, 6.07) is 6.91. The Labute approximate surface area is 94.2 Å². The van der Waals surface area contributed by atoms with Crippen LogP contribution in [-0.4, -0.2) is 11.1 Å². The Kier molecular flexibility index (Phi) is 3.01. The monoisotopic (exact) mass is 212 g/mol. The fraction of sp³-hybridized carbons (Fsp3) is 0.0714. The van der Waals surface area contributed by atoms with Gasteiger partial charge in [0.25, 0.3) is 0 Å². The molecule has 0 unspecified atom stereocenters. The van der Waals surface area contributed by atoms with E-state index in [2.05, 4.69) is 12.2 Å². The zero-order valence-electron chi connectivity index (χ0n) is 8.76. The Balaban J connectivity index is 2.15. The van der Waals surface area contributed by atoms with Crippen LogP contribution in [0.2, 0.25) is 0 Å². The van der Waals surface area contributed by atoms with E-state index in [0.717, 1.165) is 12.0 Å². The van der Waals surface area contributed by atoms with Gasteiger partial charge in [0.1, 0.15) is 0 Å². The molecule has 1 N–H and O–H groups in total. The van der Waals surface area contributed by atoms with Crippen molar-refractivity contribution in [1.82, 2.24) is 0 Å². The van der Waals surface area contributed by atoms with Crippen LogP contribution in [0.25, 0.3) is 6.08 Å². The molecule has 1 aliphatic rings. The molecule has 1 aromatic carbocycles. The Hall–Kier alpha value is -2.09. The van der Waals surface area contributed by atoms with Crippen LogP contribution in [0.5, 0.6) is 0 Å². The minimum absolute atomic E-state index is 0.320. The number of hydrogen-bond acceptors (Lipinski definition) is 1. The molecule has 1 aromatic rings. The summed E-state index contributed by atoms with van der Waals surface area (Å²) < 4.78 is 0. The van der Waals surface area contributed by atoms with Crippen LogP contribution < -0.4 is 0 Å². The summed E-state index contributed by atoms with van der Waals surface area (Å²) in [5.41, 5.74) is 2.47. The minimum Gasteiger partial charge on any atom is -0.478 e. The highest BCUT2D eigenvalue weighted by atomic mass is 16.4. The van der Waals surface area contributed by atoms with Crippen molar-refractivity contribution in [2.24, 2.45) is 0 Å². The highest BCUT2D eigenvalue weighted by molar-refractivity contribution is 5.88. The minimum atomic E-state index is -0.892. The van der Waals surface area contributed by atoms with Gasteiger partial charge in [-0.1, -0.05) is 42.5 Å². The smallest absolute Gasteiger partial charge is 0.335 e. The van der Waals surface area contributed by atoms with Crippen molar-refractivity contribution in [3.8, 4) is 0 Å². The number of carboxylic acid groups (broad SMARTS) is 1. The van der Waals surface area contributed by atoms with Gasteiger partial charge in [0, 0.05) is 0 Å². The molecule has 2 nitrogen and oxygen atoms in total. The molecule has 2 rings (SSSR count). The lowest BCUT2D eigenvalue weighted by Gasteiger charge is -1.97. The third-order valence-corrected chi connectivity index (χ3v) is 2.42. The van der Waals surface area contributed by atoms with E-state index in [9.17, 15) is 4.79 Å². The molecule has 0 aliphatic heterocycles. The lowest BCUT2D eigenvalue weighted by Crippen LogP contribution is -1.95. The SMILES string of the molecule is O=C(O)c1cccc(/C=C/C2=CC=CC2)c1. The number of allylic oxidation sites excluding steroid dienone is 5. The molecule has 0 amide bonds. The molecule has 0 saturated carbocycles. The molecule has 0 aromatic heterocycles. The predicted octanol–water partition coefficient (Wildman–Crippen LogP) is 3.28. The highest BCUT2D eigenvalue weighted by Crippen LogP contribution is 2.14. The van der Waals surface area contributed by atoms with E-state index in [1.165, 1.54) is 5.57 Å². The number of carboxylic acids is 1. The van der Waals surface area contributed by atoms with Gasteiger partial charge >= 0.3 is 5.97 Å². The van der Waals surface area contributed by atoms with Crippen molar-refractivity contribution >= 4 is 12.0 Å². The first kappa shape index (κ1) is 10.4. The standard InChI is InChI=1S/C14H12O2/c15-14(16)13-7-3-6-12(10-13)9-8-11-4-1-2-5-11/h1-4,6-10H,5H2,(H,15,16)/b9-8+. The Bertz CT molecular complexity index is 493. The van der Waals surface area contributed by atoms with Gasteiger partial charge in [-0.25, -0.2) is 4.79 Å². The van der Waals surface area contributed by atoms with Crippen LogP contribution in [0.15, 0.2) is 54.1 Å². The van der Waals surface area contributed by atoms with Gasteiger partial charge in [0.2, 0.25) is 0 Å². The maximum atomic E-state index is 10.8. The number of hydrogen-bond donors (Lipinski definition) is 1. The molecule has 0 atom stereocenters.